The van der Waals surface area contributed by atoms with Crippen molar-refractivity contribution in [1.82, 2.24) is 0 Å². The molecule has 0 spiro atoms. The SMILES string of the molecule is Cc1ccc2c(S)cccc2c1. The maximum absolute atomic E-state index is 4.38. The van der Waals surface area contributed by atoms with Crippen LogP contribution in [0.1, 0.15) is 5.56 Å². The molecule has 12 heavy (non-hydrogen) atoms. The first-order valence-corrected chi connectivity index (χ1v) is 4.40. The Bertz CT molecular complexity index is 418. The Balaban J connectivity index is 2.86. The molecular formula is C11H10S. The van der Waals surface area contributed by atoms with Gasteiger partial charge in [-0.1, -0.05) is 35.9 Å². The van der Waals surface area contributed by atoms with Gasteiger partial charge in [0.25, 0.3) is 0 Å². The minimum absolute atomic E-state index is 1.05. The molecule has 2 aromatic carbocycles. The minimum atomic E-state index is 1.05. The van der Waals surface area contributed by atoms with Crippen molar-refractivity contribution in [3.63, 3.8) is 0 Å². The molecule has 0 amide bonds. The van der Waals surface area contributed by atoms with E-state index >= 15 is 0 Å². The van der Waals surface area contributed by atoms with Crippen LogP contribution in [0.3, 0.4) is 0 Å². The Morgan fingerprint density at radius 3 is 2.75 bits per heavy atom. The summed E-state index contributed by atoms with van der Waals surface area (Å²) in [5, 5.41) is 2.49. The third-order valence-electron chi connectivity index (χ3n) is 2.01. The molecule has 0 unspecified atom stereocenters. The van der Waals surface area contributed by atoms with E-state index in [1.165, 1.54) is 16.3 Å². The molecule has 0 bridgehead atoms. The van der Waals surface area contributed by atoms with Gasteiger partial charge in [0.05, 0.1) is 0 Å². The predicted octanol–water partition coefficient (Wildman–Crippen LogP) is 3.44. The Hall–Kier alpha value is -0.950. The van der Waals surface area contributed by atoms with Crippen molar-refractivity contribution in [3.8, 4) is 0 Å². The van der Waals surface area contributed by atoms with Crippen LogP contribution in [0.4, 0.5) is 0 Å². The smallest absolute Gasteiger partial charge is 0.0119 e. The summed E-state index contributed by atoms with van der Waals surface area (Å²) in [6, 6.07) is 12.6. The van der Waals surface area contributed by atoms with Crippen molar-refractivity contribution in [2.75, 3.05) is 0 Å². The Morgan fingerprint density at radius 2 is 1.92 bits per heavy atom. The van der Waals surface area contributed by atoms with Crippen LogP contribution in [0, 0.1) is 6.92 Å². The van der Waals surface area contributed by atoms with Gasteiger partial charge in [-0.25, -0.2) is 0 Å². The second-order valence-electron chi connectivity index (χ2n) is 3.00. The summed E-state index contributed by atoms with van der Waals surface area (Å²) >= 11 is 4.38. The summed E-state index contributed by atoms with van der Waals surface area (Å²) in [5.74, 6) is 0. The minimum Gasteiger partial charge on any atom is -0.143 e. The van der Waals surface area contributed by atoms with Crippen LogP contribution < -0.4 is 0 Å². The zero-order valence-corrected chi connectivity index (χ0v) is 7.81. The summed E-state index contributed by atoms with van der Waals surface area (Å²) in [5.41, 5.74) is 1.29. The molecule has 0 aliphatic rings. The van der Waals surface area contributed by atoms with Gasteiger partial charge >= 0.3 is 0 Å². The van der Waals surface area contributed by atoms with E-state index in [-0.39, 0.29) is 0 Å². The van der Waals surface area contributed by atoms with E-state index in [1.54, 1.807) is 0 Å². The zero-order chi connectivity index (χ0) is 8.55. The highest BCUT2D eigenvalue weighted by atomic mass is 32.1. The number of fused-ring (bicyclic) bond motifs is 1. The van der Waals surface area contributed by atoms with Gasteiger partial charge in [0.15, 0.2) is 0 Å². The fourth-order valence-electron chi connectivity index (χ4n) is 1.39. The van der Waals surface area contributed by atoms with Gasteiger partial charge in [-0.2, -0.15) is 0 Å². The van der Waals surface area contributed by atoms with Gasteiger partial charge in [0, 0.05) is 4.90 Å². The molecule has 0 saturated heterocycles. The third kappa shape index (κ3) is 1.21. The summed E-state index contributed by atoms with van der Waals surface area (Å²) < 4.78 is 0. The van der Waals surface area contributed by atoms with Crippen LogP contribution in [-0.4, -0.2) is 0 Å². The quantitative estimate of drug-likeness (QED) is 0.581. The van der Waals surface area contributed by atoms with E-state index in [4.69, 9.17) is 0 Å². The number of hydrogen-bond acceptors (Lipinski definition) is 1. The van der Waals surface area contributed by atoms with E-state index in [9.17, 15) is 0 Å². The standard InChI is InChI=1S/C11H10S/c1-8-5-6-10-9(7-8)3-2-4-11(10)12/h2-7,12H,1H3. The normalized spacial score (nSPS) is 10.5. The summed E-state index contributed by atoms with van der Waals surface area (Å²) in [6.45, 7) is 2.10. The maximum Gasteiger partial charge on any atom is 0.0119 e. The van der Waals surface area contributed by atoms with Crippen molar-refractivity contribution >= 4 is 23.4 Å². The highest BCUT2D eigenvalue weighted by molar-refractivity contribution is 7.80. The van der Waals surface area contributed by atoms with E-state index < -0.39 is 0 Å². The van der Waals surface area contributed by atoms with E-state index in [2.05, 4.69) is 43.8 Å². The maximum atomic E-state index is 4.38. The molecule has 0 aromatic heterocycles. The molecule has 60 valence electrons. The lowest BCUT2D eigenvalue weighted by atomic mass is 10.1. The molecule has 0 N–H and O–H groups in total. The Labute approximate surface area is 77.6 Å². The fourth-order valence-corrected chi connectivity index (χ4v) is 1.68. The summed E-state index contributed by atoms with van der Waals surface area (Å²) in [7, 11) is 0. The molecule has 0 aliphatic carbocycles. The van der Waals surface area contributed by atoms with Crippen molar-refractivity contribution in [2.24, 2.45) is 0 Å². The number of aryl methyl sites for hydroxylation is 1. The Morgan fingerprint density at radius 1 is 1.08 bits per heavy atom. The molecule has 2 aromatic rings. The van der Waals surface area contributed by atoms with Crippen LogP contribution in [0.2, 0.25) is 0 Å². The number of benzene rings is 2. The second-order valence-corrected chi connectivity index (χ2v) is 3.48. The van der Waals surface area contributed by atoms with Crippen LogP contribution in [0.15, 0.2) is 41.3 Å². The molecule has 0 heterocycles. The zero-order valence-electron chi connectivity index (χ0n) is 6.91. The molecule has 0 nitrogen and oxygen atoms in total. The topological polar surface area (TPSA) is 0 Å². The summed E-state index contributed by atoms with van der Waals surface area (Å²) in [4.78, 5) is 1.05. The number of thiol groups is 1. The average Bonchev–Trinajstić information content (AvgIpc) is 2.04. The molecule has 0 aliphatic heterocycles. The lowest BCUT2D eigenvalue weighted by molar-refractivity contribution is 1.48. The largest absolute Gasteiger partial charge is 0.143 e. The van der Waals surface area contributed by atoms with Gasteiger partial charge in [-0.3, -0.25) is 0 Å². The van der Waals surface area contributed by atoms with E-state index in [0.29, 0.717) is 0 Å². The number of rotatable bonds is 0. The lowest BCUT2D eigenvalue weighted by Crippen LogP contribution is -1.76. The van der Waals surface area contributed by atoms with Crippen molar-refractivity contribution in [1.29, 1.82) is 0 Å². The van der Waals surface area contributed by atoms with Crippen molar-refractivity contribution in [3.05, 3.63) is 42.0 Å². The second kappa shape index (κ2) is 2.83. The van der Waals surface area contributed by atoms with Crippen molar-refractivity contribution in [2.45, 2.75) is 11.8 Å². The molecule has 2 rings (SSSR count). The fraction of sp³-hybridized carbons (Fsp3) is 0.0909. The average molecular weight is 174 g/mol. The Kier molecular flexibility index (Phi) is 1.81. The lowest BCUT2D eigenvalue weighted by Gasteiger charge is -2.01. The van der Waals surface area contributed by atoms with E-state index in [0.717, 1.165) is 4.90 Å². The van der Waals surface area contributed by atoms with Gasteiger partial charge in [0.1, 0.15) is 0 Å². The van der Waals surface area contributed by atoms with Crippen LogP contribution in [-0.2, 0) is 0 Å². The third-order valence-corrected chi connectivity index (χ3v) is 2.40. The first-order valence-electron chi connectivity index (χ1n) is 3.96. The van der Waals surface area contributed by atoms with Crippen LogP contribution in [0.5, 0.6) is 0 Å². The van der Waals surface area contributed by atoms with E-state index in [1.807, 2.05) is 12.1 Å². The molecule has 0 saturated carbocycles. The molecule has 0 radical (unpaired) electrons. The molecule has 0 fully saturated rings. The summed E-state index contributed by atoms with van der Waals surface area (Å²) in [6.07, 6.45) is 0. The van der Waals surface area contributed by atoms with Gasteiger partial charge in [0.2, 0.25) is 0 Å². The molecule has 0 atom stereocenters. The van der Waals surface area contributed by atoms with Gasteiger partial charge in [-0.05, 0) is 23.8 Å². The highest BCUT2D eigenvalue weighted by Gasteiger charge is 1.95. The number of hydrogen-bond donors (Lipinski definition) is 1. The van der Waals surface area contributed by atoms with Gasteiger partial charge in [-0.15, -0.1) is 12.6 Å². The molecule has 1 heteroatoms. The molecular weight excluding hydrogens is 164 g/mol. The van der Waals surface area contributed by atoms with Gasteiger partial charge < -0.3 is 0 Å². The van der Waals surface area contributed by atoms with Crippen LogP contribution >= 0.6 is 12.6 Å². The first-order chi connectivity index (χ1) is 5.77. The van der Waals surface area contributed by atoms with Crippen molar-refractivity contribution < 1.29 is 0 Å². The monoisotopic (exact) mass is 174 g/mol. The van der Waals surface area contributed by atoms with Crippen LogP contribution in [0.25, 0.3) is 10.8 Å². The highest BCUT2D eigenvalue weighted by Crippen LogP contribution is 2.22. The first kappa shape index (κ1) is 7.69. The predicted molar refractivity (Wildman–Crippen MR) is 55.9 cm³/mol.